The van der Waals surface area contributed by atoms with Crippen LogP contribution in [0.4, 0.5) is 8.78 Å². The lowest BCUT2D eigenvalue weighted by molar-refractivity contribution is 0.0755. The van der Waals surface area contributed by atoms with Crippen molar-refractivity contribution < 1.29 is 23.5 Å². The molecule has 10 heteroatoms. The van der Waals surface area contributed by atoms with E-state index in [0.717, 1.165) is 43.0 Å². The number of halogens is 2. The quantitative estimate of drug-likeness (QED) is 0.118. The predicted molar refractivity (Wildman–Crippen MR) is 157 cm³/mol. The molecule has 0 saturated carbocycles. The van der Waals surface area contributed by atoms with Crippen molar-refractivity contribution in [3.8, 4) is 0 Å². The van der Waals surface area contributed by atoms with E-state index in [0.29, 0.717) is 30.9 Å². The minimum atomic E-state index is -1.11. The summed E-state index contributed by atoms with van der Waals surface area (Å²) in [5, 5.41) is 13.9. The van der Waals surface area contributed by atoms with Gasteiger partial charge in [-0.2, -0.15) is 11.5 Å². The van der Waals surface area contributed by atoms with Gasteiger partial charge in [0.05, 0.1) is 12.1 Å². The fraction of sp³-hybridized carbons (Fsp3) is 0.484. The molecule has 0 fully saturated rings. The molecule has 0 aliphatic rings. The highest BCUT2D eigenvalue weighted by Gasteiger charge is 2.24. The number of aliphatic hydroxyl groups excluding tert-OH is 1. The maximum atomic E-state index is 13.9. The summed E-state index contributed by atoms with van der Waals surface area (Å²) in [7, 11) is 0. The van der Waals surface area contributed by atoms with Gasteiger partial charge in [0, 0.05) is 43.2 Å². The third-order valence-corrected chi connectivity index (χ3v) is 6.42. The molecule has 0 spiro atoms. The van der Waals surface area contributed by atoms with Crippen molar-refractivity contribution >= 4 is 17.6 Å². The van der Waals surface area contributed by atoms with E-state index in [2.05, 4.69) is 20.7 Å². The standard InChI is InChI=1S/C31H41F2N5O3/c1-6-9-29(37-34-5)35-11-10-28(39)27(18-22-16-25(32)20-26(33)17-22)36-30(40)23-14-21(4)15-24(19-23)31(41)38(12-7-2)13-8-3/h14-17,19-20,27-28,39H,6-13,18H2,1-4H3,(H,35,37)(H,36,40)/t27-,28-/m0/s1. The van der Waals surface area contributed by atoms with Crippen LogP contribution in [0.1, 0.15) is 84.7 Å². The number of amides is 2. The van der Waals surface area contributed by atoms with Gasteiger partial charge in [0.1, 0.15) is 11.6 Å². The molecule has 0 heterocycles. The van der Waals surface area contributed by atoms with Gasteiger partial charge in [0.25, 0.3) is 11.8 Å². The lowest BCUT2D eigenvalue weighted by Gasteiger charge is -2.25. The third-order valence-electron chi connectivity index (χ3n) is 6.42. The van der Waals surface area contributed by atoms with Crippen LogP contribution in [0.3, 0.4) is 0 Å². The maximum absolute atomic E-state index is 13.9. The zero-order valence-corrected chi connectivity index (χ0v) is 24.3. The number of nitrogens with one attached hydrogen (secondary N) is 2. The molecule has 0 bridgehead atoms. The lowest BCUT2D eigenvalue weighted by Crippen LogP contribution is -2.45. The Morgan fingerprint density at radius 2 is 1.63 bits per heavy atom. The Kier molecular flexibility index (Phi) is 13.9. The van der Waals surface area contributed by atoms with Gasteiger partial charge in [-0.3, -0.25) is 14.6 Å². The highest BCUT2D eigenvalue weighted by Crippen LogP contribution is 2.17. The van der Waals surface area contributed by atoms with Crippen molar-refractivity contribution in [2.75, 3.05) is 19.6 Å². The minimum absolute atomic E-state index is 0.0359. The van der Waals surface area contributed by atoms with Gasteiger partial charge < -0.3 is 15.3 Å². The summed E-state index contributed by atoms with van der Waals surface area (Å²) in [6.07, 6.45) is 1.96. The smallest absolute Gasteiger partial charge is 0.253 e. The average molecular weight is 570 g/mol. The van der Waals surface area contributed by atoms with Crippen molar-refractivity contribution in [2.45, 2.75) is 78.4 Å². The summed E-state index contributed by atoms with van der Waals surface area (Å²) in [6, 6.07) is 7.09. The second-order valence-electron chi connectivity index (χ2n) is 10.1. The summed E-state index contributed by atoms with van der Waals surface area (Å²) in [4.78, 5) is 35.9. The van der Waals surface area contributed by atoms with Crippen LogP contribution < -0.4 is 10.7 Å². The van der Waals surface area contributed by atoms with Crippen molar-refractivity contribution in [3.05, 3.63) is 81.8 Å². The average Bonchev–Trinajstić information content (AvgIpc) is 2.91. The number of aryl methyl sites for hydroxylation is 1. The summed E-state index contributed by atoms with van der Waals surface area (Å²) in [5.41, 5.74) is 4.15. The molecular formula is C31H41F2N5O3. The molecule has 0 aliphatic carbocycles. The number of amidine groups is 1. The highest BCUT2D eigenvalue weighted by molar-refractivity contribution is 6.00. The third kappa shape index (κ3) is 10.9. The monoisotopic (exact) mass is 569 g/mol. The number of benzene rings is 2. The number of aliphatic imine (C=N–C) groups is 1. The van der Waals surface area contributed by atoms with Gasteiger partial charge in [0.2, 0.25) is 0 Å². The largest absolute Gasteiger partial charge is 0.391 e. The second-order valence-corrected chi connectivity index (χ2v) is 10.1. The van der Waals surface area contributed by atoms with Crippen molar-refractivity contribution in [3.63, 3.8) is 0 Å². The summed E-state index contributed by atoms with van der Waals surface area (Å²) in [5.74, 6) is -1.70. The van der Waals surface area contributed by atoms with Crippen LogP contribution in [0.2, 0.25) is 0 Å². The van der Waals surface area contributed by atoms with Crippen LogP contribution in [-0.2, 0) is 6.42 Å². The van der Waals surface area contributed by atoms with Gasteiger partial charge in [-0.1, -0.05) is 26.2 Å². The lowest BCUT2D eigenvalue weighted by atomic mass is 9.98. The Morgan fingerprint density at radius 3 is 2.22 bits per heavy atom. The van der Waals surface area contributed by atoms with E-state index in [-0.39, 0.29) is 36.4 Å². The first-order valence-electron chi connectivity index (χ1n) is 14.1. The van der Waals surface area contributed by atoms with Gasteiger partial charge in [-0.25, -0.2) is 8.78 Å². The van der Waals surface area contributed by atoms with Crippen molar-refractivity contribution in [2.24, 2.45) is 4.99 Å². The Labute approximate surface area is 241 Å². The van der Waals surface area contributed by atoms with Crippen LogP contribution in [0.15, 0.2) is 41.4 Å². The maximum Gasteiger partial charge on any atom is 0.253 e. The molecular weight excluding hydrogens is 528 g/mol. The number of aliphatic hydroxyl groups is 1. The highest BCUT2D eigenvalue weighted by atomic mass is 19.1. The van der Waals surface area contributed by atoms with Gasteiger partial charge in [0.15, 0.2) is 5.84 Å². The van der Waals surface area contributed by atoms with E-state index in [1.54, 1.807) is 24.0 Å². The van der Waals surface area contributed by atoms with Crippen LogP contribution in [0, 0.1) is 25.1 Å². The first kappa shape index (κ1) is 33.4. The van der Waals surface area contributed by atoms with E-state index in [1.807, 2.05) is 20.8 Å². The number of hydrogen-bond acceptors (Lipinski definition) is 4. The molecule has 8 nitrogen and oxygen atoms in total. The van der Waals surface area contributed by atoms with Gasteiger partial charge in [-0.15, -0.1) is 0 Å². The molecule has 0 aromatic heterocycles. The molecule has 0 aliphatic heterocycles. The van der Waals surface area contributed by atoms with Crippen LogP contribution >= 0.6 is 0 Å². The first-order chi connectivity index (χ1) is 19.6. The zero-order chi connectivity index (χ0) is 30.4. The molecule has 2 aromatic rings. The summed E-state index contributed by atoms with van der Waals surface area (Å²) in [6.45, 7) is 16.1. The van der Waals surface area contributed by atoms with Crippen LogP contribution in [0.25, 0.3) is 4.95 Å². The van der Waals surface area contributed by atoms with E-state index in [1.165, 1.54) is 6.07 Å². The molecule has 2 atom stereocenters. The molecule has 2 aromatic carbocycles. The zero-order valence-electron chi connectivity index (χ0n) is 24.3. The predicted octanol–water partition coefficient (Wildman–Crippen LogP) is 5.25. The topological polar surface area (TPSA) is 98.4 Å². The molecule has 222 valence electrons. The second kappa shape index (κ2) is 17.1. The van der Waals surface area contributed by atoms with E-state index < -0.39 is 29.7 Å². The van der Waals surface area contributed by atoms with Gasteiger partial charge in [-0.05, 0) is 80.5 Å². The Balaban J connectivity index is 2.32. The van der Waals surface area contributed by atoms with Crippen molar-refractivity contribution in [1.29, 1.82) is 0 Å². The summed E-state index contributed by atoms with van der Waals surface area (Å²) >= 11 is 0. The minimum Gasteiger partial charge on any atom is -0.391 e. The Hall–Kier alpha value is -3.84. The molecule has 2 rings (SSSR count). The number of carbonyl (C=O) groups excluding carboxylic acids is 2. The fourth-order valence-corrected chi connectivity index (χ4v) is 4.60. The van der Waals surface area contributed by atoms with E-state index in [4.69, 9.17) is 6.57 Å². The SMILES string of the molecule is [C-]#[N+]NC(CCC)=NCC[C@H](O)[C@H](Cc1cc(F)cc(F)c1)NC(=O)c1cc(C)cc(C(=O)N(CCC)CCC)c1. The number of rotatable bonds is 15. The molecule has 3 N–H and O–H groups in total. The molecule has 2 amide bonds. The summed E-state index contributed by atoms with van der Waals surface area (Å²) < 4.78 is 27.8. The van der Waals surface area contributed by atoms with Crippen LogP contribution in [-0.4, -0.2) is 59.4 Å². The molecule has 41 heavy (non-hydrogen) atoms. The van der Waals surface area contributed by atoms with Crippen molar-refractivity contribution in [1.82, 2.24) is 15.6 Å². The van der Waals surface area contributed by atoms with E-state index >= 15 is 0 Å². The van der Waals surface area contributed by atoms with Gasteiger partial charge >= 0.3 is 0 Å². The number of carbonyl (C=O) groups is 2. The van der Waals surface area contributed by atoms with E-state index in [9.17, 15) is 23.5 Å². The number of nitrogens with zero attached hydrogens (tertiary/aromatic N) is 3. The first-order valence-corrected chi connectivity index (χ1v) is 14.1. The molecule has 0 unspecified atom stereocenters. The fourth-order valence-electron chi connectivity index (χ4n) is 4.60. The molecule has 0 radical (unpaired) electrons. The number of hydrogen-bond donors (Lipinski definition) is 3. The molecule has 0 saturated heterocycles. The Bertz CT molecular complexity index is 1220. The Morgan fingerprint density at radius 1 is 1.00 bits per heavy atom. The van der Waals surface area contributed by atoms with Crippen LogP contribution in [0.5, 0.6) is 0 Å². The normalized spacial score (nSPS) is 12.8.